The molecule has 0 radical (unpaired) electrons. The fraction of sp³-hybridized carbons (Fsp3) is 0.500. The van der Waals surface area contributed by atoms with Crippen LogP contribution in [0.4, 0.5) is 0 Å². The molecule has 2 rings (SSSR count). The molecule has 19 heavy (non-hydrogen) atoms. The highest BCUT2D eigenvalue weighted by Gasteiger charge is 2.09. The molecule has 1 aromatic heterocycles. The lowest BCUT2D eigenvalue weighted by Crippen LogP contribution is -2.31. The molecule has 3 heteroatoms. The minimum atomic E-state index is 0.879. The van der Waals surface area contributed by atoms with Crippen LogP contribution in [0.2, 0.25) is 0 Å². The number of furan rings is 1. The smallest absolute Gasteiger partial charge is 0.134 e. The molecular weight excluding hydrogens is 236 g/mol. The van der Waals surface area contributed by atoms with Crippen molar-refractivity contribution in [1.82, 2.24) is 10.2 Å². The van der Waals surface area contributed by atoms with E-state index >= 15 is 0 Å². The zero-order valence-electron chi connectivity index (χ0n) is 12.2. The van der Waals surface area contributed by atoms with Crippen molar-refractivity contribution in [3.8, 4) is 0 Å². The highest BCUT2D eigenvalue weighted by atomic mass is 16.3. The summed E-state index contributed by atoms with van der Waals surface area (Å²) in [5.74, 6) is 1.02. The Hall–Kier alpha value is -1.32. The highest BCUT2D eigenvalue weighted by Crippen LogP contribution is 2.24. The molecular formula is C16H24N2O. The van der Waals surface area contributed by atoms with E-state index in [1.54, 1.807) is 0 Å². The summed E-state index contributed by atoms with van der Waals surface area (Å²) >= 11 is 0. The monoisotopic (exact) mass is 260 g/mol. The zero-order valence-corrected chi connectivity index (χ0v) is 12.2. The zero-order chi connectivity index (χ0) is 13.7. The quantitative estimate of drug-likeness (QED) is 0.775. The number of para-hydroxylation sites is 1. The number of aryl methyl sites for hydroxylation is 1. The van der Waals surface area contributed by atoms with Crippen molar-refractivity contribution in [2.24, 2.45) is 0 Å². The lowest BCUT2D eigenvalue weighted by Gasteiger charge is -2.17. The highest BCUT2D eigenvalue weighted by molar-refractivity contribution is 5.82. The van der Waals surface area contributed by atoms with E-state index in [4.69, 9.17) is 4.42 Å². The Kier molecular flexibility index (Phi) is 5.00. The van der Waals surface area contributed by atoms with Gasteiger partial charge in [-0.15, -0.1) is 0 Å². The molecule has 0 aliphatic carbocycles. The van der Waals surface area contributed by atoms with Crippen LogP contribution in [-0.2, 0) is 6.54 Å². The number of hydrogen-bond acceptors (Lipinski definition) is 3. The van der Waals surface area contributed by atoms with Crippen molar-refractivity contribution in [2.75, 3.05) is 26.2 Å². The van der Waals surface area contributed by atoms with Crippen LogP contribution in [-0.4, -0.2) is 31.1 Å². The molecule has 0 bridgehead atoms. The van der Waals surface area contributed by atoms with E-state index in [0.29, 0.717) is 0 Å². The third kappa shape index (κ3) is 3.37. The molecule has 0 fully saturated rings. The normalized spacial score (nSPS) is 11.6. The standard InChI is InChI=1S/C16H24N2O/c1-4-18(5-2)11-10-17-12-15-13(3)19-16-9-7-6-8-14(15)16/h6-9,17H,4-5,10-12H2,1-3H3. The predicted molar refractivity (Wildman–Crippen MR) is 80.4 cm³/mol. The minimum absolute atomic E-state index is 0.879. The third-order valence-corrected chi connectivity index (χ3v) is 3.70. The summed E-state index contributed by atoms with van der Waals surface area (Å²) in [5.41, 5.74) is 2.27. The first-order valence-corrected chi connectivity index (χ1v) is 7.16. The van der Waals surface area contributed by atoms with Crippen LogP contribution in [0.25, 0.3) is 11.0 Å². The van der Waals surface area contributed by atoms with E-state index in [2.05, 4.69) is 36.2 Å². The molecule has 0 amide bonds. The summed E-state index contributed by atoms with van der Waals surface area (Å²) in [7, 11) is 0. The summed E-state index contributed by atoms with van der Waals surface area (Å²) in [6.45, 7) is 11.7. The van der Waals surface area contributed by atoms with E-state index in [9.17, 15) is 0 Å². The van der Waals surface area contributed by atoms with Crippen LogP contribution in [0.3, 0.4) is 0 Å². The first kappa shape index (κ1) is 14.1. The Balaban J connectivity index is 1.93. The average Bonchev–Trinajstić information content (AvgIpc) is 2.75. The van der Waals surface area contributed by atoms with Gasteiger partial charge < -0.3 is 14.6 Å². The number of fused-ring (bicyclic) bond motifs is 1. The lowest BCUT2D eigenvalue weighted by molar-refractivity contribution is 0.302. The van der Waals surface area contributed by atoms with Crippen molar-refractivity contribution in [3.63, 3.8) is 0 Å². The summed E-state index contributed by atoms with van der Waals surface area (Å²) in [6, 6.07) is 8.24. The topological polar surface area (TPSA) is 28.4 Å². The van der Waals surface area contributed by atoms with Crippen LogP contribution >= 0.6 is 0 Å². The van der Waals surface area contributed by atoms with E-state index in [-0.39, 0.29) is 0 Å². The van der Waals surface area contributed by atoms with Gasteiger partial charge in [-0.05, 0) is 26.1 Å². The first-order chi connectivity index (χ1) is 9.26. The second-order valence-electron chi connectivity index (χ2n) is 4.84. The van der Waals surface area contributed by atoms with Crippen LogP contribution in [0.15, 0.2) is 28.7 Å². The van der Waals surface area contributed by atoms with Crippen LogP contribution in [0.1, 0.15) is 25.2 Å². The number of hydrogen-bond donors (Lipinski definition) is 1. The molecule has 0 spiro atoms. The van der Waals surface area contributed by atoms with Gasteiger partial charge in [0, 0.05) is 30.6 Å². The first-order valence-electron chi connectivity index (χ1n) is 7.16. The molecule has 0 atom stereocenters. The molecule has 3 nitrogen and oxygen atoms in total. The molecule has 1 heterocycles. The van der Waals surface area contributed by atoms with E-state index in [1.807, 2.05) is 19.1 Å². The Morgan fingerprint density at radius 3 is 2.63 bits per heavy atom. The third-order valence-electron chi connectivity index (χ3n) is 3.70. The van der Waals surface area contributed by atoms with Gasteiger partial charge in [0.15, 0.2) is 0 Å². The molecule has 1 aromatic carbocycles. The number of nitrogens with zero attached hydrogens (tertiary/aromatic N) is 1. The van der Waals surface area contributed by atoms with E-state index < -0.39 is 0 Å². The fourth-order valence-electron chi connectivity index (χ4n) is 2.43. The second-order valence-corrected chi connectivity index (χ2v) is 4.84. The molecule has 104 valence electrons. The summed E-state index contributed by atoms with van der Waals surface area (Å²) < 4.78 is 5.77. The molecule has 0 unspecified atom stereocenters. The van der Waals surface area contributed by atoms with Gasteiger partial charge in [-0.2, -0.15) is 0 Å². The summed E-state index contributed by atoms with van der Waals surface area (Å²) in [5, 5.41) is 4.75. The van der Waals surface area contributed by atoms with Crippen LogP contribution < -0.4 is 5.32 Å². The van der Waals surface area contributed by atoms with Crippen molar-refractivity contribution in [2.45, 2.75) is 27.3 Å². The molecule has 1 N–H and O–H groups in total. The number of nitrogens with one attached hydrogen (secondary N) is 1. The Morgan fingerprint density at radius 1 is 1.16 bits per heavy atom. The number of benzene rings is 1. The maximum Gasteiger partial charge on any atom is 0.134 e. The van der Waals surface area contributed by atoms with Gasteiger partial charge in [0.05, 0.1) is 0 Å². The van der Waals surface area contributed by atoms with Crippen LogP contribution in [0.5, 0.6) is 0 Å². The summed E-state index contributed by atoms with van der Waals surface area (Å²) in [6.07, 6.45) is 0. The molecule has 0 saturated carbocycles. The van der Waals surface area contributed by atoms with Crippen molar-refractivity contribution in [3.05, 3.63) is 35.6 Å². The van der Waals surface area contributed by atoms with Gasteiger partial charge in [-0.1, -0.05) is 32.0 Å². The van der Waals surface area contributed by atoms with Crippen molar-refractivity contribution >= 4 is 11.0 Å². The molecule has 0 saturated heterocycles. The van der Waals surface area contributed by atoms with Crippen molar-refractivity contribution in [1.29, 1.82) is 0 Å². The number of likely N-dealkylation sites (N-methyl/N-ethyl adjacent to an activating group) is 1. The second kappa shape index (κ2) is 6.73. The maximum absolute atomic E-state index is 5.77. The van der Waals surface area contributed by atoms with Gasteiger partial charge >= 0.3 is 0 Å². The largest absolute Gasteiger partial charge is 0.461 e. The number of rotatable bonds is 7. The Bertz CT molecular complexity index is 514. The average molecular weight is 260 g/mol. The summed E-state index contributed by atoms with van der Waals surface area (Å²) in [4.78, 5) is 2.42. The molecule has 0 aliphatic rings. The van der Waals surface area contributed by atoms with Gasteiger partial charge in [0.25, 0.3) is 0 Å². The van der Waals surface area contributed by atoms with E-state index in [0.717, 1.165) is 44.1 Å². The SMILES string of the molecule is CCN(CC)CCNCc1c(C)oc2ccccc12. The van der Waals surface area contributed by atoms with Gasteiger partial charge in [0.2, 0.25) is 0 Å². The van der Waals surface area contributed by atoms with Crippen molar-refractivity contribution < 1.29 is 4.42 Å². The van der Waals surface area contributed by atoms with Crippen LogP contribution in [0, 0.1) is 6.92 Å². The molecule has 2 aromatic rings. The maximum atomic E-state index is 5.77. The fourth-order valence-corrected chi connectivity index (χ4v) is 2.43. The van der Waals surface area contributed by atoms with Gasteiger partial charge in [-0.25, -0.2) is 0 Å². The molecule has 0 aliphatic heterocycles. The lowest BCUT2D eigenvalue weighted by atomic mass is 10.1. The van der Waals surface area contributed by atoms with Gasteiger partial charge in [-0.3, -0.25) is 0 Å². The Morgan fingerprint density at radius 2 is 1.89 bits per heavy atom. The predicted octanol–water partition coefficient (Wildman–Crippen LogP) is 3.17. The minimum Gasteiger partial charge on any atom is -0.461 e. The van der Waals surface area contributed by atoms with Gasteiger partial charge in [0.1, 0.15) is 11.3 Å². The van der Waals surface area contributed by atoms with E-state index in [1.165, 1.54) is 10.9 Å². The Labute approximate surface area is 115 Å².